The summed E-state index contributed by atoms with van der Waals surface area (Å²) >= 11 is 1.51. The van der Waals surface area contributed by atoms with Crippen molar-refractivity contribution in [1.82, 2.24) is 15.0 Å². The maximum atomic E-state index is 5.70. The third-order valence-electron chi connectivity index (χ3n) is 3.21. The average Bonchev–Trinajstić information content (AvgIpc) is 2.87. The highest BCUT2D eigenvalue weighted by Crippen LogP contribution is 2.29. The van der Waals surface area contributed by atoms with E-state index in [0.717, 1.165) is 37.6 Å². The van der Waals surface area contributed by atoms with E-state index < -0.39 is 0 Å². The van der Waals surface area contributed by atoms with E-state index in [9.17, 15) is 0 Å². The fourth-order valence-corrected chi connectivity index (χ4v) is 2.99. The Kier molecular flexibility index (Phi) is 3.10. The molecule has 1 aliphatic rings. The van der Waals surface area contributed by atoms with Crippen molar-refractivity contribution in [2.45, 2.75) is 18.8 Å². The first-order chi connectivity index (χ1) is 8.83. The van der Waals surface area contributed by atoms with Crippen LogP contribution in [0.15, 0.2) is 23.8 Å². The molecule has 2 N–H and O–H groups in total. The van der Waals surface area contributed by atoms with Crippen molar-refractivity contribution in [3.05, 3.63) is 29.5 Å². The van der Waals surface area contributed by atoms with Crippen molar-refractivity contribution in [2.75, 3.05) is 23.7 Å². The molecule has 0 unspecified atom stereocenters. The van der Waals surface area contributed by atoms with Crippen LogP contribution in [0.25, 0.3) is 0 Å². The summed E-state index contributed by atoms with van der Waals surface area (Å²) in [5, 5.41) is 2.72. The summed E-state index contributed by atoms with van der Waals surface area (Å²) in [6, 6.07) is 1.84. The minimum absolute atomic E-state index is 0.441. The van der Waals surface area contributed by atoms with Gasteiger partial charge in [0.15, 0.2) is 5.13 Å². The first-order valence-corrected chi connectivity index (χ1v) is 6.94. The van der Waals surface area contributed by atoms with Gasteiger partial charge in [0, 0.05) is 36.8 Å². The molecule has 2 aromatic rings. The largest absolute Gasteiger partial charge is 0.375 e. The molecule has 2 aromatic heterocycles. The van der Waals surface area contributed by atoms with Crippen LogP contribution >= 0.6 is 11.3 Å². The molecule has 0 amide bonds. The second-order valence-corrected chi connectivity index (χ2v) is 5.33. The van der Waals surface area contributed by atoms with Crippen molar-refractivity contribution < 1.29 is 0 Å². The van der Waals surface area contributed by atoms with E-state index in [2.05, 4.69) is 25.2 Å². The highest BCUT2D eigenvalue weighted by atomic mass is 32.1. The second kappa shape index (κ2) is 4.89. The van der Waals surface area contributed by atoms with Gasteiger partial charge in [0.2, 0.25) is 5.95 Å². The lowest BCUT2D eigenvalue weighted by atomic mass is 9.96. The van der Waals surface area contributed by atoms with Crippen LogP contribution in [0.3, 0.4) is 0 Å². The minimum Gasteiger partial charge on any atom is -0.375 e. The first-order valence-electron chi connectivity index (χ1n) is 6.06. The normalized spacial score (nSPS) is 20.0. The summed E-state index contributed by atoms with van der Waals surface area (Å²) in [6.07, 6.45) is 5.87. The van der Waals surface area contributed by atoms with Gasteiger partial charge >= 0.3 is 0 Å². The standard InChI is InChI=1S/C12H15N5S/c13-11-16-10(8-18-11)9-3-1-6-17(7-9)12-14-4-2-5-15-12/h2,4-5,8-9H,1,3,6-7H2,(H2,13,16)/t9-/m1/s1. The van der Waals surface area contributed by atoms with Crippen LogP contribution in [0.2, 0.25) is 0 Å². The van der Waals surface area contributed by atoms with E-state index >= 15 is 0 Å². The Morgan fingerprint density at radius 1 is 1.33 bits per heavy atom. The summed E-state index contributed by atoms with van der Waals surface area (Å²) in [7, 11) is 0. The smallest absolute Gasteiger partial charge is 0.225 e. The van der Waals surface area contributed by atoms with E-state index in [0.29, 0.717) is 11.0 Å². The van der Waals surface area contributed by atoms with E-state index in [1.54, 1.807) is 12.4 Å². The van der Waals surface area contributed by atoms with Crippen LogP contribution < -0.4 is 10.6 Å². The molecule has 5 nitrogen and oxygen atoms in total. The van der Waals surface area contributed by atoms with Gasteiger partial charge in [-0.05, 0) is 18.9 Å². The summed E-state index contributed by atoms with van der Waals surface area (Å²) in [6.45, 7) is 1.94. The van der Waals surface area contributed by atoms with Gasteiger partial charge in [-0.2, -0.15) is 0 Å². The molecule has 18 heavy (non-hydrogen) atoms. The molecule has 1 saturated heterocycles. The zero-order valence-electron chi connectivity index (χ0n) is 9.99. The molecule has 0 bridgehead atoms. The zero-order chi connectivity index (χ0) is 12.4. The van der Waals surface area contributed by atoms with Crippen molar-refractivity contribution in [1.29, 1.82) is 0 Å². The van der Waals surface area contributed by atoms with Crippen LogP contribution in [-0.2, 0) is 0 Å². The fraction of sp³-hybridized carbons (Fsp3) is 0.417. The Hall–Kier alpha value is -1.69. The molecule has 0 aliphatic carbocycles. The predicted octanol–water partition coefficient (Wildman–Crippen LogP) is 1.90. The highest BCUT2D eigenvalue weighted by molar-refractivity contribution is 7.13. The SMILES string of the molecule is Nc1nc([C@@H]2CCCN(c3ncccn3)C2)cs1. The fourth-order valence-electron chi connectivity index (χ4n) is 2.34. The third kappa shape index (κ3) is 2.28. The summed E-state index contributed by atoms with van der Waals surface area (Å²) in [4.78, 5) is 15.2. The minimum atomic E-state index is 0.441. The predicted molar refractivity (Wildman–Crippen MR) is 72.7 cm³/mol. The Labute approximate surface area is 110 Å². The van der Waals surface area contributed by atoms with Gasteiger partial charge in [0.1, 0.15) is 0 Å². The Bertz CT molecular complexity index is 512. The lowest BCUT2D eigenvalue weighted by Gasteiger charge is -2.31. The van der Waals surface area contributed by atoms with Crippen molar-refractivity contribution in [3.8, 4) is 0 Å². The number of nitrogens with zero attached hydrogens (tertiary/aromatic N) is 4. The highest BCUT2D eigenvalue weighted by Gasteiger charge is 2.24. The van der Waals surface area contributed by atoms with E-state index in [1.165, 1.54) is 11.3 Å². The molecular weight excluding hydrogens is 246 g/mol. The molecule has 0 radical (unpaired) electrons. The molecule has 0 spiro atoms. The number of piperidine rings is 1. The Morgan fingerprint density at radius 3 is 2.89 bits per heavy atom. The maximum Gasteiger partial charge on any atom is 0.225 e. The number of nitrogens with two attached hydrogens (primary N) is 1. The molecule has 3 rings (SSSR count). The van der Waals surface area contributed by atoms with Crippen molar-refractivity contribution in [2.24, 2.45) is 0 Å². The van der Waals surface area contributed by atoms with Gasteiger partial charge in [0.25, 0.3) is 0 Å². The van der Waals surface area contributed by atoms with Gasteiger partial charge in [-0.1, -0.05) is 0 Å². The third-order valence-corrected chi connectivity index (χ3v) is 3.91. The van der Waals surface area contributed by atoms with Gasteiger partial charge in [0.05, 0.1) is 5.69 Å². The van der Waals surface area contributed by atoms with Crippen molar-refractivity contribution >= 4 is 22.4 Å². The summed E-state index contributed by atoms with van der Waals surface area (Å²) in [5.41, 5.74) is 6.81. The number of rotatable bonds is 2. The lowest BCUT2D eigenvalue weighted by molar-refractivity contribution is 0.497. The molecule has 1 atom stereocenters. The van der Waals surface area contributed by atoms with E-state index in [4.69, 9.17) is 5.73 Å². The number of nitrogen functional groups attached to an aromatic ring is 1. The van der Waals surface area contributed by atoms with Crippen LogP contribution in [0.1, 0.15) is 24.5 Å². The molecule has 3 heterocycles. The second-order valence-electron chi connectivity index (χ2n) is 4.44. The molecule has 1 fully saturated rings. The van der Waals surface area contributed by atoms with E-state index in [1.807, 2.05) is 6.07 Å². The van der Waals surface area contributed by atoms with Crippen molar-refractivity contribution in [3.63, 3.8) is 0 Å². The average molecular weight is 261 g/mol. The number of hydrogen-bond donors (Lipinski definition) is 1. The van der Waals surface area contributed by atoms with Crippen LogP contribution in [-0.4, -0.2) is 28.0 Å². The van der Waals surface area contributed by atoms with Gasteiger partial charge < -0.3 is 10.6 Å². The number of anilines is 2. The van der Waals surface area contributed by atoms with Crippen LogP contribution in [0.5, 0.6) is 0 Å². The number of aromatic nitrogens is 3. The summed E-state index contributed by atoms with van der Waals surface area (Å²) < 4.78 is 0. The van der Waals surface area contributed by atoms with Crippen LogP contribution in [0.4, 0.5) is 11.1 Å². The lowest BCUT2D eigenvalue weighted by Crippen LogP contribution is -2.35. The number of hydrogen-bond acceptors (Lipinski definition) is 6. The maximum absolute atomic E-state index is 5.70. The number of thiazole rings is 1. The van der Waals surface area contributed by atoms with E-state index in [-0.39, 0.29) is 0 Å². The summed E-state index contributed by atoms with van der Waals surface area (Å²) in [5.74, 6) is 1.25. The monoisotopic (exact) mass is 261 g/mol. The molecule has 1 aliphatic heterocycles. The molecule has 0 saturated carbocycles. The molecule has 6 heteroatoms. The zero-order valence-corrected chi connectivity index (χ0v) is 10.8. The first kappa shape index (κ1) is 11.4. The quantitative estimate of drug-likeness (QED) is 0.894. The van der Waals surface area contributed by atoms with Gasteiger partial charge in [-0.3, -0.25) is 0 Å². The topological polar surface area (TPSA) is 67.9 Å². The van der Waals surface area contributed by atoms with Gasteiger partial charge in [-0.25, -0.2) is 15.0 Å². The molecule has 94 valence electrons. The van der Waals surface area contributed by atoms with Crippen LogP contribution in [0, 0.1) is 0 Å². The van der Waals surface area contributed by atoms with Gasteiger partial charge in [-0.15, -0.1) is 11.3 Å². The molecule has 0 aromatic carbocycles. The Balaban J connectivity index is 1.76. The Morgan fingerprint density at radius 2 is 2.17 bits per heavy atom. The molecular formula is C12H15N5S.